The van der Waals surface area contributed by atoms with Gasteiger partial charge in [-0.15, -0.1) is 0 Å². The summed E-state index contributed by atoms with van der Waals surface area (Å²) >= 11 is 0. The van der Waals surface area contributed by atoms with E-state index in [1.807, 2.05) is 36.4 Å². The van der Waals surface area contributed by atoms with Gasteiger partial charge in [-0.3, -0.25) is 9.69 Å². The average molecular weight is 362 g/mol. The van der Waals surface area contributed by atoms with Crippen molar-refractivity contribution in [3.8, 4) is 0 Å². The molecule has 1 aliphatic heterocycles. The van der Waals surface area contributed by atoms with Crippen molar-refractivity contribution in [1.82, 2.24) is 14.5 Å². The maximum absolute atomic E-state index is 12.7. The number of likely N-dealkylation sites (tertiary alicyclic amines) is 1. The van der Waals surface area contributed by atoms with Gasteiger partial charge in [0.1, 0.15) is 5.82 Å². The highest BCUT2D eigenvalue weighted by molar-refractivity contribution is 5.92. The number of para-hydroxylation sites is 3. The van der Waals surface area contributed by atoms with E-state index in [-0.39, 0.29) is 11.8 Å². The van der Waals surface area contributed by atoms with Crippen LogP contribution in [0, 0.1) is 5.92 Å². The molecule has 1 amide bonds. The number of hydrogen-bond acceptors (Lipinski definition) is 3. The van der Waals surface area contributed by atoms with Crippen molar-refractivity contribution in [2.24, 2.45) is 5.92 Å². The number of aryl methyl sites for hydroxylation is 1. The van der Waals surface area contributed by atoms with Crippen LogP contribution in [0.5, 0.6) is 0 Å². The van der Waals surface area contributed by atoms with E-state index < -0.39 is 0 Å². The summed E-state index contributed by atoms with van der Waals surface area (Å²) in [4.78, 5) is 19.9. The molecule has 0 spiro atoms. The molecule has 1 aliphatic rings. The van der Waals surface area contributed by atoms with Gasteiger partial charge in [-0.05, 0) is 50.6 Å². The van der Waals surface area contributed by atoms with Crippen LogP contribution >= 0.6 is 0 Å². The van der Waals surface area contributed by atoms with Gasteiger partial charge < -0.3 is 9.88 Å². The predicted molar refractivity (Wildman–Crippen MR) is 108 cm³/mol. The van der Waals surface area contributed by atoms with Gasteiger partial charge in [0.05, 0.1) is 23.5 Å². The van der Waals surface area contributed by atoms with Crippen molar-refractivity contribution >= 4 is 22.6 Å². The SMILES string of the molecule is CCn1c(CN2CCC[C@@H](C(=O)Nc3ccccc3)C2)nc2ccccc21. The van der Waals surface area contributed by atoms with E-state index >= 15 is 0 Å². The minimum absolute atomic E-state index is 0.0263. The summed E-state index contributed by atoms with van der Waals surface area (Å²) in [6.07, 6.45) is 1.98. The quantitative estimate of drug-likeness (QED) is 0.749. The van der Waals surface area contributed by atoms with Gasteiger partial charge in [0.2, 0.25) is 5.91 Å². The Morgan fingerprint density at radius 3 is 2.74 bits per heavy atom. The third-order valence-corrected chi connectivity index (χ3v) is 5.33. The van der Waals surface area contributed by atoms with Crippen LogP contribution in [0.25, 0.3) is 11.0 Å². The number of anilines is 1. The van der Waals surface area contributed by atoms with Crippen LogP contribution in [0.1, 0.15) is 25.6 Å². The summed E-state index contributed by atoms with van der Waals surface area (Å²) in [6.45, 7) is 5.65. The maximum atomic E-state index is 12.7. The van der Waals surface area contributed by atoms with Crippen molar-refractivity contribution in [3.05, 3.63) is 60.4 Å². The molecule has 1 aromatic heterocycles. The van der Waals surface area contributed by atoms with E-state index in [4.69, 9.17) is 4.98 Å². The summed E-state index contributed by atoms with van der Waals surface area (Å²) in [5, 5.41) is 3.05. The molecule has 1 N–H and O–H groups in total. The van der Waals surface area contributed by atoms with Gasteiger partial charge in [0.25, 0.3) is 0 Å². The molecule has 2 aromatic carbocycles. The topological polar surface area (TPSA) is 50.2 Å². The van der Waals surface area contributed by atoms with Crippen molar-refractivity contribution in [1.29, 1.82) is 0 Å². The molecule has 0 bridgehead atoms. The van der Waals surface area contributed by atoms with Crippen LogP contribution < -0.4 is 5.32 Å². The molecular formula is C22H26N4O. The lowest BCUT2D eigenvalue weighted by molar-refractivity contribution is -0.121. The third-order valence-electron chi connectivity index (χ3n) is 5.33. The highest BCUT2D eigenvalue weighted by atomic mass is 16.1. The number of aromatic nitrogens is 2. The highest BCUT2D eigenvalue weighted by Crippen LogP contribution is 2.22. The maximum Gasteiger partial charge on any atom is 0.228 e. The predicted octanol–water partition coefficient (Wildman–Crippen LogP) is 3.91. The average Bonchev–Trinajstić information content (AvgIpc) is 3.06. The summed E-state index contributed by atoms with van der Waals surface area (Å²) in [6, 6.07) is 18.0. The second-order valence-electron chi connectivity index (χ2n) is 7.19. The van der Waals surface area contributed by atoms with Gasteiger partial charge in [-0.25, -0.2) is 4.98 Å². The summed E-state index contributed by atoms with van der Waals surface area (Å²) in [5.74, 6) is 1.23. The molecule has 0 unspecified atom stereocenters. The van der Waals surface area contributed by atoms with E-state index in [9.17, 15) is 4.79 Å². The van der Waals surface area contributed by atoms with E-state index in [1.165, 1.54) is 5.52 Å². The number of carbonyl (C=O) groups is 1. The number of nitrogens with zero attached hydrogens (tertiary/aromatic N) is 3. The van der Waals surface area contributed by atoms with Gasteiger partial charge in [0.15, 0.2) is 0 Å². The van der Waals surface area contributed by atoms with Crippen molar-refractivity contribution in [3.63, 3.8) is 0 Å². The van der Waals surface area contributed by atoms with Gasteiger partial charge >= 0.3 is 0 Å². The zero-order chi connectivity index (χ0) is 18.6. The second-order valence-corrected chi connectivity index (χ2v) is 7.19. The molecule has 1 saturated heterocycles. The Kier molecular flexibility index (Phi) is 5.21. The highest BCUT2D eigenvalue weighted by Gasteiger charge is 2.27. The summed E-state index contributed by atoms with van der Waals surface area (Å²) in [5.41, 5.74) is 3.10. The number of nitrogens with one attached hydrogen (secondary N) is 1. The summed E-state index contributed by atoms with van der Waals surface area (Å²) in [7, 11) is 0. The fourth-order valence-corrected chi connectivity index (χ4v) is 3.98. The largest absolute Gasteiger partial charge is 0.327 e. The van der Waals surface area contributed by atoms with Crippen molar-refractivity contribution in [2.45, 2.75) is 32.9 Å². The lowest BCUT2D eigenvalue weighted by Crippen LogP contribution is -2.40. The number of imidazole rings is 1. The molecule has 3 aromatic rings. The van der Waals surface area contributed by atoms with E-state index in [1.54, 1.807) is 0 Å². The van der Waals surface area contributed by atoms with Gasteiger partial charge in [0, 0.05) is 18.8 Å². The van der Waals surface area contributed by atoms with Gasteiger partial charge in [-0.1, -0.05) is 30.3 Å². The first kappa shape index (κ1) is 17.7. The molecule has 2 heterocycles. The smallest absolute Gasteiger partial charge is 0.228 e. The fraction of sp³-hybridized carbons (Fsp3) is 0.364. The number of fused-ring (bicyclic) bond motifs is 1. The number of piperidine rings is 1. The first-order valence-corrected chi connectivity index (χ1v) is 9.77. The third kappa shape index (κ3) is 3.88. The molecule has 1 atom stereocenters. The number of benzene rings is 2. The zero-order valence-electron chi connectivity index (χ0n) is 15.8. The lowest BCUT2D eigenvalue weighted by atomic mass is 9.97. The van der Waals surface area contributed by atoms with Crippen LogP contribution in [-0.4, -0.2) is 33.4 Å². The minimum atomic E-state index is 0.0263. The lowest BCUT2D eigenvalue weighted by Gasteiger charge is -2.31. The first-order chi connectivity index (χ1) is 13.2. The molecule has 5 heteroatoms. The standard InChI is InChI=1S/C22H26N4O/c1-2-26-20-13-7-6-12-19(20)24-21(26)16-25-14-8-9-17(15-25)22(27)23-18-10-4-3-5-11-18/h3-7,10-13,17H,2,8-9,14-16H2,1H3,(H,23,27)/t17-/m1/s1. The fourth-order valence-electron chi connectivity index (χ4n) is 3.98. The van der Waals surface area contributed by atoms with Crippen LogP contribution in [0.3, 0.4) is 0 Å². The van der Waals surface area contributed by atoms with Crippen molar-refractivity contribution in [2.75, 3.05) is 18.4 Å². The Morgan fingerprint density at radius 1 is 1.15 bits per heavy atom. The Labute approximate surface area is 160 Å². The van der Waals surface area contributed by atoms with E-state index in [0.29, 0.717) is 0 Å². The van der Waals surface area contributed by atoms with Crippen molar-refractivity contribution < 1.29 is 4.79 Å². The molecule has 4 rings (SSSR count). The van der Waals surface area contributed by atoms with Crippen LogP contribution in [0.4, 0.5) is 5.69 Å². The molecule has 27 heavy (non-hydrogen) atoms. The summed E-state index contributed by atoms with van der Waals surface area (Å²) < 4.78 is 2.28. The normalized spacial score (nSPS) is 17.9. The molecular weight excluding hydrogens is 336 g/mol. The molecule has 0 radical (unpaired) electrons. The monoisotopic (exact) mass is 362 g/mol. The number of amides is 1. The molecule has 1 fully saturated rings. The number of carbonyl (C=O) groups excluding carboxylic acids is 1. The van der Waals surface area contributed by atoms with Crippen LogP contribution in [-0.2, 0) is 17.9 Å². The molecule has 5 nitrogen and oxygen atoms in total. The van der Waals surface area contributed by atoms with E-state index in [0.717, 1.165) is 56.0 Å². The molecule has 0 aliphatic carbocycles. The molecule has 140 valence electrons. The van der Waals surface area contributed by atoms with E-state index in [2.05, 4.69) is 39.9 Å². The second kappa shape index (κ2) is 7.92. The van der Waals surface area contributed by atoms with Gasteiger partial charge in [-0.2, -0.15) is 0 Å². The Morgan fingerprint density at radius 2 is 1.93 bits per heavy atom. The Balaban J connectivity index is 1.45. The first-order valence-electron chi connectivity index (χ1n) is 9.77. The molecule has 0 saturated carbocycles. The minimum Gasteiger partial charge on any atom is -0.327 e. The Bertz CT molecular complexity index is 918. The number of hydrogen-bond donors (Lipinski definition) is 1. The zero-order valence-corrected chi connectivity index (χ0v) is 15.8. The van der Waals surface area contributed by atoms with Crippen LogP contribution in [0.15, 0.2) is 54.6 Å². The number of rotatable bonds is 5. The Hall–Kier alpha value is -2.66. The van der Waals surface area contributed by atoms with Crippen LogP contribution in [0.2, 0.25) is 0 Å².